The number of nitriles is 1. The number of nitrogens with one attached hydrogen (secondary N) is 1. The Labute approximate surface area is 167 Å². The Hall–Kier alpha value is -3.31. The molecule has 0 fully saturated rings. The molecule has 8 heteroatoms. The third-order valence-corrected chi connectivity index (χ3v) is 5.23. The van der Waals surface area contributed by atoms with Crippen LogP contribution in [0.3, 0.4) is 0 Å². The van der Waals surface area contributed by atoms with E-state index in [9.17, 15) is 4.79 Å². The van der Waals surface area contributed by atoms with Crippen LogP contribution in [-0.4, -0.2) is 33.0 Å². The number of thioether (sulfide) groups is 1. The molecule has 0 aliphatic carbocycles. The molecule has 0 saturated carbocycles. The van der Waals surface area contributed by atoms with Crippen LogP contribution in [0.2, 0.25) is 0 Å². The van der Waals surface area contributed by atoms with Crippen LogP contribution in [0.25, 0.3) is 11.4 Å². The summed E-state index contributed by atoms with van der Waals surface area (Å²) in [5, 5.41) is 20.5. The van der Waals surface area contributed by atoms with Crippen molar-refractivity contribution in [1.29, 1.82) is 5.26 Å². The number of nitrogens with zero attached hydrogens (tertiary/aromatic N) is 4. The lowest BCUT2D eigenvalue weighted by molar-refractivity contribution is -0.115. The second kappa shape index (κ2) is 8.59. The maximum Gasteiger partial charge on any atom is 0.237 e. The summed E-state index contributed by atoms with van der Waals surface area (Å²) in [4.78, 5) is 12.5. The molecular weight excluding hydrogens is 374 g/mol. The number of hydrogen-bond donors (Lipinski definition) is 1. The summed E-state index contributed by atoms with van der Waals surface area (Å²) in [5.74, 6) is 1.19. The molecule has 0 aliphatic heterocycles. The van der Waals surface area contributed by atoms with Gasteiger partial charge < -0.3 is 14.6 Å². The molecule has 28 heavy (non-hydrogen) atoms. The van der Waals surface area contributed by atoms with Crippen molar-refractivity contribution in [2.45, 2.75) is 17.3 Å². The molecule has 0 bridgehead atoms. The van der Waals surface area contributed by atoms with Gasteiger partial charge in [0.25, 0.3) is 0 Å². The molecule has 0 saturated heterocycles. The maximum atomic E-state index is 12.5. The molecule has 3 aromatic rings. The number of methoxy groups -OCH3 is 1. The fourth-order valence-electron chi connectivity index (χ4n) is 2.60. The van der Waals surface area contributed by atoms with E-state index < -0.39 is 5.25 Å². The van der Waals surface area contributed by atoms with Crippen LogP contribution >= 0.6 is 11.8 Å². The Morgan fingerprint density at radius 1 is 1.25 bits per heavy atom. The van der Waals surface area contributed by atoms with Gasteiger partial charge in [0.1, 0.15) is 5.75 Å². The minimum absolute atomic E-state index is 0.179. The van der Waals surface area contributed by atoms with Crippen molar-refractivity contribution in [3.05, 3.63) is 54.1 Å². The smallest absolute Gasteiger partial charge is 0.237 e. The number of para-hydroxylation sites is 1. The molecule has 7 nitrogen and oxygen atoms in total. The largest absolute Gasteiger partial charge is 0.496 e. The number of rotatable bonds is 6. The predicted octanol–water partition coefficient (Wildman–Crippen LogP) is 3.48. The number of amides is 1. The Morgan fingerprint density at radius 3 is 2.79 bits per heavy atom. The van der Waals surface area contributed by atoms with Gasteiger partial charge in [0.05, 0.1) is 29.6 Å². The molecule has 1 N–H and O–H groups in total. The van der Waals surface area contributed by atoms with Crippen molar-refractivity contribution in [3.8, 4) is 23.2 Å². The number of carbonyl (C=O) groups is 1. The van der Waals surface area contributed by atoms with Crippen molar-refractivity contribution in [1.82, 2.24) is 14.8 Å². The lowest BCUT2D eigenvalue weighted by Gasteiger charge is -2.12. The number of carbonyl (C=O) groups excluding carboxylic acids is 1. The molecule has 2 aromatic carbocycles. The predicted molar refractivity (Wildman–Crippen MR) is 108 cm³/mol. The fourth-order valence-corrected chi connectivity index (χ4v) is 3.42. The SMILES string of the molecule is COc1ccccc1-c1nnc(S[C@H](C)C(=O)Nc2cccc(C#N)c2)n1C. The van der Waals surface area contributed by atoms with E-state index in [4.69, 9.17) is 10.00 Å². The number of hydrogen-bond acceptors (Lipinski definition) is 6. The monoisotopic (exact) mass is 393 g/mol. The quantitative estimate of drug-likeness (QED) is 0.645. The van der Waals surface area contributed by atoms with Gasteiger partial charge in [-0.25, -0.2) is 0 Å². The molecule has 0 radical (unpaired) electrons. The standard InChI is InChI=1S/C20H19N5O2S/c1-13(19(26)22-15-8-6-7-14(11-15)12-21)28-20-24-23-18(25(20)2)16-9-4-5-10-17(16)27-3/h4-11,13H,1-3H3,(H,22,26)/t13-/m1/s1. The Kier molecular flexibility index (Phi) is 5.96. The lowest BCUT2D eigenvalue weighted by Crippen LogP contribution is -2.22. The van der Waals surface area contributed by atoms with E-state index >= 15 is 0 Å². The fraction of sp³-hybridized carbons (Fsp3) is 0.200. The third kappa shape index (κ3) is 4.15. The topological polar surface area (TPSA) is 92.8 Å². The van der Waals surface area contributed by atoms with Crippen molar-refractivity contribution in [2.24, 2.45) is 7.05 Å². The molecule has 1 heterocycles. The lowest BCUT2D eigenvalue weighted by atomic mass is 10.2. The highest BCUT2D eigenvalue weighted by Crippen LogP contribution is 2.31. The van der Waals surface area contributed by atoms with Gasteiger partial charge in [-0.1, -0.05) is 30.0 Å². The molecule has 0 aliphatic rings. The van der Waals surface area contributed by atoms with E-state index in [-0.39, 0.29) is 5.91 Å². The second-order valence-electron chi connectivity index (χ2n) is 6.01. The summed E-state index contributed by atoms with van der Waals surface area (Å²) in [7, 11) is 3.46. The van der Waals surface area contributed by atoms with Crippen molar-refractivity contribution < 1.29 is 9.53 Å². The minimum Gasteiger partial charge on any atom is -0.496 e. The van der Waals surface area contributed by atoms with E-state index in [0.29, 0.717) is 28.0 Å². The van der Waals surface area contributed by atoms with Gasteiger partial charge in [-0.15, -0.1) is 10.2 Å². The molecule has 1 amide bonds. The Bertz CT molecular complexity index is 1040. The second-order valence-corrected chi connectivity index (χ2v) is 7.32. The van der Waals surface area contributed by atoms with E-state index in [2.05, 4.69) is 21.6 Å². The van der Waals surface area contributed by atoms with Crippen molar-refractivity contribution in [2.75, 3.05) is 12.4 Å². The zero-order chi connectivity index (χ0) is 20.1. The van der Waals surface area contributed by atoms with Crippen LogP contribution in [-0.2, 0) is 11.8 Å². The summed E-state index contributed by atoms with van der Waals surface area (Å²) in [6.45, 7) is 1.80. The minimum atomic E-state index is -0.404. The van der Waals surface area contributed by atoms with Crippen molar-refractivity contribution >= 4 is 23.4 Å². The van der Waals surface area contributed by atoms with Crippen LogP contribution in [0, 0.1) is 11.3 Å². The van der Waals surface area contributed by atoms with E-state index in [1.165, 1.54) is 11.8 Å². The van der Waals surface area contributed by atoms with E-state index in [1.807, 2.05) is 35.9 Å². The van der Waals surface area contributed by atoms with Crippen LogP contribution < -0.4 is 10.1 Å². The zero-order valence-electron chi connectivity index (χ0n) is 15.7. The summed E-state index contributed by atoms with van der Waals surface area (Å²) in [6.07, 6.45) is 0. The van der Waals surface area contributed by atoms with E-state index in [0.717, 1.165) is 5.56 Å². The first-order valence-corrected chi connectivity index (χ1v) is 9.42. The van der Waals surface area contributed by atoms with Gasteiger partial charge in [0, 0.05) is 12.7 Å². The number of ether oxygens (including phenoxy) is 1. The van der Waals surface area contributed by atoms with Gasteiger partial charge in [0.2, 0.25) is 5.91 Å². The Balaban J connectivity index is 1.74. The van der Waals surface area contributed by atoms with Crippen LogP contribution in [0.1, 0.15) is 12.5 Å². The summed E-state index contributed by atoms with van der Waals surface area (Å²) in [5.41, 5.74) is 1.91. The molecule has 3 rings (SSSR count). The van der Waals surface area contributed by atoms with Gasteiger partial charge in [-0.2, -0.15) is 5.26 Å². The normalized spacial score (nSPS) is 11.5. The molecule has 1 aromatic heterocycles. The first kappa shape index (κ1) is 19.5. The van der Waals surface area contributed by atoms with Gasteiger partial charge in [-0.3, -0.25) is 4.79 Å². The van der Waals surface area contributed by atoms with Gasteiger partial charge in [0.15, 0.2) is 11.0 Å². The van der Waals surface area contributed by atoms with Crippen LogP contribution in [0.15, 0.2) is 53.7 Å². The molecular formula is C20H19N5O2S. The highest BCUT2D eigenvalue weighted by atomic mass is 32.2. The van der Waals surface area contributed by atoms with Crippen molar-refractivity contribution in [3.63, 3.8) is 0 Å². The number of aromatic nitrogens is 3. The number of benzene rings is 2. The highest BCUT2D eigenvalue weighted by Gasteiger charge is 2.20. The zero-order valence-corrected chi connectivity index (χ0v) is 16.5. The van der Waals surface area contributed by atoms with Gasteiger partial charge >= 0.3 is 0 Å². The van der Waals surface area contributed by atoms with Gasteiger partial charge in [-0.05, 0) is 37.3 Å². The third-order valence-electron chi connectivity index (χ3n) is 4.09. The summed E-state index contributed by atoms with van der Waals surface area (Å²) < 4.78 is 7.23. The van der Waals surface area contributed by atoms with Crippen LogP contribution in [0.5, 0.6) is 5.75 Å². The first-order valence-electron chi connectivity index (χ1n) is 8.54. The molecule has 142 valence electrons. The average molecular weight is 393 g/mol. The molecule has 0 spiro atoms. The molecule has 1 atom stereocenters. The van der Waals surface area contributed by atoms with E-state index in [1.54, 1.807) is 38.3 Å². The first-order chi connectivity index (χ1) is 13.5. The maximum absolute atomic E-state index is 12.5. The average Bonchev–Trinajstić information content (AvgIpc) is 3.08. The molecule has 0 unspecified atom stereocenters. The van der Waals surface area contributed by atoms with Crippen LogP contribution in [0.4, 0.5) is 5.69 Å². The Morgan fingerprint density at radius 2 is 2.04 bits per heavy atom. The summed E-state index contributed by atoms with van der Waals surface area (Å²) in [6, 6.07) is 16.4. The number of anilines is 1. The highest BCUT2D eigenvalue weighted by molar-refractivity contribution is 8.00. The summed E-state index contributed by atoms with van der Waals surface area (Å²) >= 11 is 1.31.